The van der Waals surface area contributed by atoms with Crippen LogP contribution in [0.15, 0.2) is 18.5 Å². The Kier molecular flexibility index (Phi) is 3.93. The molecule has 0 unspecified atom stereocenters. The SMILES string of the molecule is COc1ccncc1C(=O)N1CCCNCC1. The summed E-state index contributed by atoms with van der Waals surface area (Å²) in [6.45, 7) is 3.32. The van der Waals surface area contributed by atoms with Crippen LogP contribution in [0.25, 0.3) is 0 Å². The molecule has 2 heterocycles. The molecule has 0 aliphatic carbocycles. The molecule has 1 amide bonds. The highest BCUT2D eigenvalue weighted by Crippen LogP contribution is 2.18. The number of pyridine rings is 1. The first-order valence-electron chi connectivity index (χ1n) is 5.81. The standard InChI is InChI=1S/C12H17N3O2/c1-17-11-3-5-14-9-10(11)12(16)15-7-2-4-13-6-8-15/h3,5,9,13H,2,4,6-8H2,1H3. The van der Waals surface area contributed by atoms with E-state index < -0.39 is 0 Å². The van der Waals surface area contributed by atoms with Crippen LogP contribution >= 0.6 is 0 Å². The molecule has 1 N–H and O–H groups in total. The topological polar surface area (TPSA) is 54.5 Å². The molecule has 1 saturated heterocycles. The largest absolute Gasteiger partial charge is 0.496 e. The van der Waals surface area contributed by atoms with Crippen molar-refractivity contribution >= 4 is 5.91 Å². The van der Waals surface area contributed by atoms with Gasteiger partial charge >= 0.3 is 0 Å². The zero-order valence-corrected chi connectivity index (χ0v) is 9.98. The highest BCUT2D eigenvalue weighted by Gasteiger charge is 2.20. The Hall–Kier alpha value is -1.62. The molecule has 17 heavy (non-hydrogen) atoms. The molecule has 0 aromatic carbocycles. The van der Waals surface area contributed by atoms with Crippen LogP contribution in [0.3, 0.4) is 0 Å². The van der Waals surface area contributed by atoms with E-state index in [0.29, 0.717) is 11.3 Å². The average molecular weight is 235 g/mol. The maximum absolute atomic E-state index is 12.3. The quantitative estimate of drug-likeness (QED) is 0.812. The number of ether oxygens (including phenoxy) is 1. The van der Waals surface area contributed by atoms with Gasteiger partial charge in [0.05, 0.1) is 12.7 Å². The number of nitrogens with zero attached hydrogens (tertiary/aromatic N) is 2. The van der Waals surface area contributed by atoms with Gasteiger partial charge in [-0.05, 0) is 19.0 Å². The van der Waals surface area contributed by atoms with Crippen LogP contribution in [0.1, 0.15) is 16.8 Å². The van der Waals surface area contributed by atoms with Gasteiger partial charge in [0.25, 0.3) is 5.91 Å². The smallest absolute Gasteiger partial charge is 0.259 e. The summed E-state index contributed by atoms with van der Waals surface area (Å²) >= 11 is 0. The van der Waals surface area contributed by atoms with Crippen LogP contribution in [-0.4, -0.2) is 49.1 Å². The molecule has 1 aliphatic heterocycles. The van der Waals surface area contributed by atoms with Gasteiger partial charge in [0, 0.05) is 32.0 Å². The molecule has 1 aromatic rings. The molecule has 1 aliphatic rings. The third kappa shape index (κ3) is 2.74. The first-order valence-corrected chi connectivity index (χ1v) is 5.81. The third-order valence-electron chi connectivity index (χ3n) is 2.86. The van der Waals surface area contributed by atoms with Gasteiger partial charge in [0.1, 0.15) is 5.75 Å². The maximum atomic E-state index is 12.3. The molecule has 1 fully saturated rings. The van der Waals surface area contributed by atoms with E-state index in [9.17, 15) is 4.79 Å². The van der Waals surface area contributed by atoms with Gasteiger partial charge in [-0.15, -0.1) is 0 Å². The van der Waals surface area contributed by atoms with E-state index in [0.717, 1.165) is 32.6 Å². The number of carbonyl (C=O) groups excluding carboxylic acids is 1. The van der Waals surface area contributed by atoms with Gasteiger partial charge in [0.2, 0.25) is 0 Å². The Bertz CT molecular complexity index is 387. The number of hydrogen-bond acceptors (Lipinski definition) is 4. The lowest BCUT2D eigenvalue weighted by Gasteiger charge is -2.20. The lowest BCUT2D eigenvalue weighted by molar-refractivity contribution is 0.0762. The van der Waals surface area contributed by atoms with Crippen molar-refractivity contribution in [1.29, 1.82) is 0 Å². The predicted molar refractivity (Wildman–Crippen MR) is 64.2 cm³/mol. The minimum absolute atomic E-state index is 0.00125. The van der Waals surface area contributed by atoms with E-state index in [-0.39, 0.29) is 5.91 Å². The van der Waals surface area contributed by atoms with Gasteiger partial charge in [0.15, 0.2) is 0 Å². The summed E-state index contributed by atoms with van der Waals surface area (Å²) in [5.41, 5.74) is 0.539. The fraction of sp³-hybridized carbons (Fsp3) is 0.500. The molecule has 2 rings (SSSR count). The second-order valence-corrected chi connectivity index (χ2v) is 3.97. The minimum Gasteiger partial charge on any atom is -0.496 e. The van der Waals surface area contributed by atoms with Crippen LogP contribution in [0.5, 0.6) is 5.75 Å². The Morgan fingerprint density at radius 3 is 3.18 bits per heavy atom. The highest BCUT2D eigenvalue weighted by atomic mass is 16.5. The molecule has 0 spiro atoms. The van der Waals surface area contributed by atoms with E-state index >= 15 is 0 Å². The van der Waals surface area contributed by atoms with Crippen molar-refractivity contribution in [3.8, 4) is 5.75 Å². The van der Waals surface area contributed by atoms with E-state index in [2.05, 4.69) is 10.3 Å². The molecule has 0 radical (unpaired) electrons. The molecule has 5 heteroatoms. The summed E-state index contributed by atoms with van der Waals surface area (Å²) in [5, 5.41) is 3.27. The van der Waals surface area contributed by atoms with Crippen molar-refractivity contribution in [3.63, 3.8) is 0 Å². The molecule has 5 nitrogen and oxygen atoms in total. The number of hydrogen-bond donors (Lipinski definition) is 1. The molecule has 0 bridgehead atoms. The minimum atomic E-state index is -0.00125. The van der Waals surface area contributed by atoms with Gasteiger partial charge < -0.3 is 15.0 Å². The maximum Gasteiger partial charge on any atom is 0.259 e. The zero-order chi connectivity index (χ0) is 12.1. The van der Waals surface area contributed by atoms with Gasteiger partial charge in [-0.25, -0.2) is 0 Å². The number of nitrogens with one attached hydrogen (secondary N) is 1. The molecular weight excluding hydrogens is 218 g/mol. The second kappa shape index (κ2) is 5.63. The van der Waals surface area contributed by atoms with E-state index in [1.807, 2.05) is 4.90 Å². The summed E-state index contributed by atoms with van der Waals surface area (Å²) in [6.07, 6.45) is 4.17. The van der Waals surface area contributed by atoms with Gasteiger partial charge in [-0.3, -0.25) is 9.78 Å². The highest BCUT2D eigenvalue weighted by molar-refractivity contribution is 5.96. The summed E-state index contributed by atoms with van der Waals surface area (Å²) in [6, 6.07) is 1.71. The van der Waals surface area contributed by atoms with Crippen molar-refractivity contribution in [1.82, 2.24) is 15.2 Å². The van der Waals surface area contributed by atoms with Crippen LogP contribution in [0.4, 0.5) is 0 Å². The van der Waals surface area contributed by atoms with Crippen molar-refractivity contribution in [2.45, 2.75) is 6.42 Å². The van der Waals surface area contributed by atoms with Gasteiger partial charge in [-0.1, -0.05) is 0 Å². The summed E-state index contributed by atoms with van der Waals surface area (Å²) in [4.78, 5) is 18.1. The average Bonchev–Trinajstić information content (AvgIpc) is 2.66. The predicted octanol–water partition coefficient (Wildman–Crippen LogP) is 0.526. The van der Waals surface area contributed by atoms with Crippen LogP contribution in [-0.2, 0) is 0 Å². The number of rotatable bonds is 2. The lowest BCUT2D eigenvalue weighted by atomic mass is 10.2. The van der Waals surface area contributed by atoms with Gasteiger partial charge in [-0.2, -0.15) is 0 Å². The second-order valence-electron chi connectivity index (χ2n) is 3.97. The monoisotopic (exact) mass is 235 g/mol. The van der Waals surface area contributed by atoms with E-state index in [4.69, 9.17) is 4.74 Å². The number of aromatic nitrogens is 1. The fourth-order valence-electron chi connectivity index (χ4n) is 1.94. The Morgan fingerprint density at radius 2 is 2.35 bits per heavy atom. The molecule has 92 valence electrons. The molecule has 0 saturated carbocycles. The number of carbonyl (C=O) groups is 1. The molecule has 1 aromatic heterocycles. The van der Waals surface area contributed by atoms with Crippen molar-refractivity contribution < 1.29 is 9.53 Å². The summed E-state index contributed by atoms with van der Waals surface area (Å²) in [7, 11) is 1.57. The zero-order valence-electron chi connectivity index (χ0n) is 9.98. The Morgan fingerprint density at radius 1 is 1.47 bits per heavy atom. The van der Waals surface area contributed by atoms with Crippen molar-refractivity contribution in [2.75, 3.05) is 33.3 Å². The Balaban J connectivity index is 2.17. The number of amides is 1. The van der Waals surface area contributed by atoms with Crippen LogP contribution in [0.2, 0.25) is 0 Å². The normalized spacial score (nSPS) is 16.4. The molecule has 0 atom stereocenters. The van der Waals surface area contributed by atoms with Crippen molar-refractivity contribution in [2.24, 2.45) is 0 Å². The van der Waals surface area contributed by atoms with E-state index in [1.54, 1.807) is 25.6 Å². The number of methoxy groups -OCH3 is 1. The van der Waals surface area contributed by atoms with Crippen LogP contribution in [0, 0.1) is 0 Å². The lowest BCUT2D eigenvalue weighted by Crippen LogP contribution is -2.34. The molecular formula is C12H17N3O2. The van der Waals surface area contributed by atoms with Crippen LogP contribution < -0.4 is 10.1 Å². The fourth-order valence-corrected chi connectivity index (χ4v) is 1.94. The first-order chi connectivity index (χ1) is 8.33. The first kappa shape index (κ1) is 11.9. The third-order valence-corrected chi connectivity index (χ3v) is 2.86. The Labute approximate surface area is 101 Å². The van der Waals surface area contributed by atoms with E-state index in [1.165, 1.54) is 0 Å². The summed E-state index contributed by atoms with van der Waals surface area (Å²) < 4.78 is 5.19. The summed E-state index contributed by atoms with van der Waals surface area (Å²) in [5.74, 6) is 0.584. The van der Waals surface area contributed by atoms with Crippen molar-refractivity contribution in [3.05, 3.63) is 24.0 Å².